The van der Waals surface area contributed by atoms with Crippen LogP contribution in [0.15, 0.2) is 83.8 Å². The fourth-order valence-corrected chi connectivity index (χ4v) is 5.30. The van der Waals surface area contributed by atoms with Crippen molar-refractivity contribution in [3.8, 4) is 0 Å². The number of hydroxylamine groups is 1. The first-order chi connectivity index (χ1) is 15.4. The topological polar surface area (TPSA) is 116 Å². The lowest BCUT2D eigenvalue weighted by atomic mass is 9.95. The van der Waals surface area contributed by atoms with Crippen LogP contribution in [0.5, 0.6) is 0 Å². The molecule has 0 spiro atoms. The Hall–Kier alpha value is -3.53. The number of hydrogen-bond acceptors (Lipinski definition) is 5. The molecule has 32 heavy (non-hydrogen) atoms. The third-order valence-corrected chi connectivity index (χ3v) is 7.22. The summed E-state index contributed by atoms with van der Waals surface area (Å²) in [5, 5.41) is 12.0. The normalized spacial score (nSPS) is 16.1. The van der Waals surface area contributed by atoms with Gasteiger partial charge in [0.1, 0.15) is 6.04 Å². The van der Waals surface area contributed by atoms with Gasteiger partial charge in [0.2, 0.25) is 10.0 Å². The molecule has 1 aliphatic rings. The standard InChI is InChI=1S/C23H21N3O5S/c27-22(16-7-3-1-4-8-16)24-19-12-11-17-14-21(23(28)25-29)26(15-18(17)13-19)32(30,31)20-9-5-2-6-10-20/h1-13,21,29H,14-15H2,(H,24,27)(H,25,28). The lowest BCUT2D eigenvalue weighted by Crippen LogP contribution is -2.51. The molecule has 1 unspecified atom stereocenters. The number of benzene rings is 3. The average molecular weight is 452 g/mol. The van der Waals surface area contributed by atoms with Gasteiger partial charge in [-0.2, -0.15) is 4.31 Å². The van der Waals surface area contributed by atoms with Crippen molar-refractivity contribution in [2.45, 2.75) is 23.9 Å². The van der Waals surface area contributed by atoms with Gasteiger partial charge in [0.15, 0.2) is 0 Å². The van der Waals surface area contributed by atoms with Crippen LogP contribution in [0.4, 0.5) is 5.69 Å². The summed E-state index contributed by atoms with van der Waals surface area (Å²) in [5.74, 6) is -1.09. The van der Waals surface area contributed by atoms with Gasteiger partial charge in [0, 0.05) is 17.8 Å². The Bertz CT molecular complexity index is 1250. The monoisotopic (exact) mass is 451 g/mol. The van der Waals surface area contributed by atoms with Gasteiger partial charge in [-0.1, -0.05) is 42.5 Å². The molecule has 8 nitrogen and oxygen atoms in total. The summed E-state index contributed by atoms with van der Waals surface area (Å²) >= 11 is 0. The number of carbonyl (C=O) groups is 2. The molecule has 164 valence electrons. The SMILES string of the molecule is O=C(Nc1ccc2c(c1)CN(S(=O)(=O)c1ccccc1)C(C(=O)NO)C2)c1ccccc1. The van der Waals surface area contributed by atoms with Gasteiger partial charge in [-0.3, -0.25) is 14.8 Å². The van der Waals surface area contributed by atoms with Crippen molar-refractivity contribution in [3.63, 3.8) is 0 Å². The molecule has 3 aromatic carbocycles. The molecule has 0 bridgehead atoms. The zero-order chi connectivity index (χ0) is 22.7. The molecular formula is C23H21N3O5S. The second-order valence-corrected chi connectivity index (χ2v) is 9.25. The average Bonchev–Trinajstić information content (AvgIpc) is 2.83. The van der Waals surface area contributed by atoms with E-state index in [0.717, 1.165) is 9.87 Å². The highest BCUT2D eigenvalue weighted by Crippen LogP contribution is 2.31. The molecule has 0 aliphatic carbocycles. The summed E-state index contributed by atoms with van der Waals surface area (Å²) < 4.78 is 27.6. The minimum absolute atomic E-state index is 0.0488. The number of rotatable bonds is 5. The third-order valence-electron chi connectivity index (χ3n) is 5.35. The quantitative estimate of drug-likeness (QED) is 0.407. The number of anilines is 1. The zero-order valence-corrected chi connectivity index (χ0v) is 17.7. The Morgan fingerprint density at radius 1 is 0.906 bits per heavy atom. The van der Waals surface area contributed by atoms with Crippen LogP contribution >= 0.6 is 0 Å². The van der Waals surface area contributed by atoms with Gasteiger partial charge < -0.3 is 5.32 Å². The van der Waals surface area contributed by atoms with Crippen molar-refractivity contribution in [2.75, 3.05) is 5.32 Å². The van der Waals surface area contributed by atoms with Gasteiger partial charge in [-0.05, 0) is 53.9 Å². The van der Waals surface area contributed by atoms with Crippen molar-refractivity contribution in [2.24, 2.45) is 0 Å². The van der Waals surface area contributed by atoms with Crippen LogP contribution in [0, 0.1) is 0 Å². The number of sulfonamides is 1. The van der Waals surface area contributed by atoms with E-state index in [2.05, 4.69) is 5.32 Å². The van der Waals surface area contributed by atoms with Crippen LogP contribution in [0.25, 0.3) is 0 Å². The van der Waals surface area contributed by atoms with Crippen molar-refractivity contribution in [3.05, 3.63) is 95.6 Å². The summed E-state index contributed by atoms with van der Waals surface area (Å²) in [5.41, 5.74) is 4.01. The molecule has 1 aliphatic heterocycles. The van der Waals surface area contributed by atoms with E-state index in [-0.39, 0.29) is 23.8 Å². The summed E-state index contributed by atoms with van der Waals surface area (Å²) in [4.78, 5) is 24.8. The van der Waals surface area contributed by atoms with Crippen LogP contribution < -0.4 is 10.8 Å². The van der Waals surface area contributed by atoms with Crippen molar-refractivity contribution < 1.29 is 23.2 Å². The number of nitrogens with one attached hydrogen (secondary N) is 2. The summed E-state index contributed by atoms with van der Waals surface area (Å²) in [6.45, 7) is -0.0836. The van der Waals surface area contributed by atoms with E-state index < -0.39 is 22.0 Å². The van der Waals surface area contributed by atoms with E-state index in [1.807, 2.05) is 6.07 Å². The van der Waals surface area contributed by atoms with Crippen LogP contribution in [0.2, 0.25) is 0 Å². The predicted molar refractivity (Wildman–Crippen MR) is 117 cm³/mol. The van der Waals surface area contributed by atoms with Crippen molar-refractivity contribution >= 4 is 27.5 Å². The lowest BCUT2D eigenvalue weighted by molar-refractivity contribution is -0.133. The van der Waals surface area contributed by atoms with Crippen molar-refractivity contribution in [1.82, 2.24) is 9.79 Å². The van der Waals surface area contributed by atoms with Crippen LogP contribution in [0.3, 0.4) is 0 Å². The molecule has 1 atom stereocenters. The minimum atomic E-state index is -4.01. The fraction of sp³-hybridized carbons (Fsp3) is 0.130. The molecule has 4 rings (SSSR count). The maximum Gasteiger partial charge on any atom is 0.262 e. The first-order valence-electron chi connectivity index (χ1n) is 9.89. The van der Waals surface area contributed by atoms with Crippen LogP contribution in [0.1, 0.15) is 21.5 Å². The third kappa shape index (κ3) is 4.26. The number of hydrogen-bond donors (Lipinski definition) is 3. The molecular weight excluding hydrogens is 430 g/mol. The lowest BCUT2D eigenvalue weighted by Gasteiger charge is -2.34. The van der Waals surface area contributed by atoms with Gasteiger partial charge >= 0.3 is 0 Å². The predicted octanol–water partition coefficient (Wildman–Crippen LogP) is 2.56. The molecule has 3 aromatic rings. The number of nitrogens with zero attached hydrogens (tertiary/aromatic N) is 1. The summed E-state index contributed by atoms with van der Waals surface area (Å²) in [7, 11) is -4.01. The van der Waals surface area contributed by atoms with Crippen LogP contribution in [-0.2, 0) is 27.8 Å². The van der Waals surface area contributed by atoms with Gasteiger partial charge in [-0.15, -0.1) is 0 Å². The Kier molecular flexibility index (Phi) is 6.04. The number of amides is 2. The molecule has 1 heterocycles. The number of fused-ring (bicyclic) bond motifs is 1. The van der Waals surface area contributed by atoms with E-state index >= 15 is 0 Å². The molecule has 3 N–H and O–H groups in total. The molecule has 0 radical (unpaired) electrons. The smallest absolute Gasteiger partial charge is 0.262 e. The Labute approximate surface area is 185 Å². The number of carbonyl (C=O) groups excluding carboxylic acids is 2. The summed E-state index contributed by atoms with van der Waals surface area (Å²) in [6, 6.07) is 20.6. The maximum absolute atomic E-state index is 13.3. The maximum atomic E-state index is 13.3. The molecule has 9 heteroatoms. The van der Waals surface area contributed by atoms with Gasteiger partial charge in [0.25, 0.3) is 11.8 Å². The van der Waals surface area contributed by atoms with E-state index in [0.29, 0.717) is 16.8 Å². The molecule has 0 aromatic heterocycles. The molecule has 0 saturated heterocycles. The van der Waals surface area contributed by atoms with E-state index in [1.165, 1.54) is 12.1 Å². The van der Waals surface area contributed by atoms with E-state index in [1.54, 1.807) is 66.1 Å². The van der Waals surface area contributed by atoms with Gasteiger partial charge in [-0.25, -0.2) is 13.9 Å². The first kappa shape index (κ1) is 21.7. The Balaban J connectivity index is 1.66. The van der Waals surface area contributed by atoms with E-state index in [4.69, 9.17) is 0 Å². The largest absolute Gasteiger partial charge is 0.322 e. The highest BCUT2D eigenvalue weighted by Gasteiger charge is 2.39. The zero-order valence-electron chi connectivity index (χ0n) is 16.9. The molecule has 0 saturated carbocycles. The van der Waals surface area contributed by atoms with E-state index in [9.17, 15) is 23.2 Å². The Morgan fingerprint density at radius 2 is 1.56 bits per heavy atom. The highest BCUT2D eigenvalue weighted by atomic mass is 32.2. The fourth-order valence-electron chi connectivity index (χ4n) is 3.71. The molecule has 0 fully saturated rings. The second-order valence-electron chi connectivity index (χ2n) is 7.36. The molecule has 2 amide bonds. The van der Waals surface area contributed by atoms with Crippen LogP contribution in [-0.4, -0.2) is 35.8 Å². The first-order valence-corrected chi connectivity index (χ1v) is 11.3. The highest BCUT2D eigenvalue weighted by molar-refractivity contribution is 7.89. The summed E-state index contributed by atoms with van der Waals surface area (Å²) in [6.07, 6.45) is 0.0840. The minimum Gasteiger partial charge on any atom is -0.322 e. The Morgan fingerprint density at radius 3 is 2.22 bits per heavy atom. The van der Waals surface area contributed by atoms with Crippen molar-refractivity contribution in [1.29, 1.82) is 0 Å². The second kappa shape index (κ2) is 8.91. The van der Waals surface area contributed by atoms with Gasteiger partial charge in [0.05, 0.1) is 4.90 Å².